The highest BCUT2D eigenvalue weighted by Gasteiger charge is 2.13. The van der Waals surface area contributed by atoms with Crippen LogP contribution in [-0.4, -0.2) is 4.57 Å². The molecule has 1 aromatic carbocycles. The van der Waals surface area contributed by atoms with Crippen LogP contribution in [0.3, 0.4) is 0 Å². The van der Waals surface area contributed by atoms with Crippen molar-refractivity contribution in [3.63, 3.8) is 0 Å². The number of fused-ring (bicyclic) bond motifs is 1. The number of nitrogens with zero attached hydrogens (tertiary/aromatic N) is 2. The Morgan fingerprint density at radius 3 is 2.56 bits per heavy atom. The first-order valence-electron chi connectivity index (χ1n) is 5.48. The van der Waals surface area contributed by atoms with E-state index in [4.69, 9.17) is 5.26 Å². The van der Waals surface area contributed by atoms with Gasteiger partial charge in [0.05, 0.1) is 12.5 Å². The fraction of sp³-hybridized carbons (Fsp3) is 0.357. The molecular formula is C14H16N2. The van der Waals surface area contributed by atoms with Gasteiger partial charge in [0.2, 0.25) is 0 Å². The minimum absolute atomic E-state index is 0.493. The number of hydrogen-bond acceptors (Lipinski definition) is 1. The summed E-state index contributed by atoms with van der Waals surface area (Å²) in [5, 5.41) is 10.2. The molecule has 0 aliphatic heterocycles. The van der Waals surface area contributed by atoms with Crippen molar-refractivity contribution in [3.8, 4) is 6.07 Å². The summed E-state index contributed by atoms with van der Waals surface area (Å²) in [6.07, 6.45) is 0.493. The number of aryl methyl sites for hydroxylation is 3. The lowest BCUT2D eigenvalue weighted by Crippen LogP contribution is -1.91. The number of hydrogen-bond donors (Lipinski definition) is 0. The zero-order valence-corrected chi connectivity index (χ0v) is 10.3. The van der Waals surface area contributed by atoms with E-state index in [2.05, 4.69) is 50.6 Å². The average molecular weight is 212 g/mol. The van der Waals surface area contributed by atoms with Gasteiger partial charge in [0.15, 0.2) is 0 Å². The predicted molar refractivity (Wildman–Crippen MR) is 66.4 cm³/mol. The first-order valence-corrected chi connectivity index (χ1v) is 5.48. The maximum Gasteiger partial charge on any atom is 0.0670 e. The lowest BCUT2D eigenvalue weighted by Gasteiger charge is -2.02. The van der Waals surface area contributed by atoms with E-state index in [0.29, 0.717) is 6.42 Å². The molecule has 0 saturated carbocycles. The Morgan fingerprint density at radius 1 is 1.25 bits per heavy atom. The summed E-state index contributed by atoms with van der Waals surface area (Å²) in [5.41, 5.74) is 6.15. The molecule has 2 nitrogen and oxygen atoms in total. The molecule has 0 amide bonds. The van der Waals surface area contributed by atoms with Gasteiger partial charge < -0.3 is 4.57 Å². The molecule has 82 valence electrons. The van der Waals surface area contributed by atoms with Crippen molar-refractivity contribution in [2.24, 2.45) is 7.05 Å². The molecule has 0 spiro atoms. The van der Waals surface area contributed by atoms with Crippen LogP contribution in [0.15, 0.2) is 12.1 Å². The second kappa shape index (κ2) is 3.68. The summed E-state index contributed by atoms with van der Waals surface area (Å²) in [6.45, 7) is 6.32. The Balaban J connectivity index is 2.92. The normalized spacial score (nSPS) is 10.7. The summed E-state index contributed by atoms with van der Waals surface area (Å²) < 4.78 is 2.18. The van der Waals surface area contributed by atoms with E-state index in [1.165, 1.54) is 33.3 Å². The zero-order chi connectivity index (χ0) is 11.9. The van der Waals surface area contributed by atoms with E-state index >= 15 is 0 Å². The number of aromatic nitrogens is 1. The Bertz CT molecular complexity index is 597. The van der Waals surface area contributed by atoms with Crippen LogP contribution in [0.2, 0.25) is 0 Å². The number of rotatable bonds is 1. The molecule has 2 aromatic rings. The summed E-state index contributed by atoms with van der Waals surface area (Å²) >= 11 is 0. The number of nitriles is 1. The summed E-state index contributed by atoms with van der Waals surface area (Å²) in [7, 11) is 2.07. The lowest BCUT2D eigenvalue weighted by molar-refractivity contribution is 0.905. The molecule has 0 saturated heterocycles. The minimum Gasteiger partial charge on any atom is -0.348 e. The van der Waals surface area contributed by atoms with E-state index in [0.717, 1.165) is 0 Å². The van der Waals surface area contributed by atoms with E-state index in [1.54, 1.807) is 0 Å². The highest BCUT2D eigenvalue weighted by molar-refractivity contribution is 5.89. The van der Waals surface area contributed by atoms with E-state index in [9.17, 15) is 0 Å². The smallest absolute Gasteiger partial charge is 0.0670 e. The third-order valence-electron chi connectivity index (χ3n) is 3.32. The minimum atomic E-state index is 0.493. The summed E-state index contributed by atoms with van der Waals surface area (Å²) in [6, 6.07) is 6.63. The lowest BCUT2D eigenvalue weighted by atomic mass is 10.0. The van der Waals surface area contributed by atoms with Crippen molar-refractivity contribution >= 4 is 10.9 Å². The molecule has 1 heterocycles. The van der Waals surface area contributed by atoms with Crippen LogP contribution >= 0.6 is 0 Å². The number of benzene rings is 1. The molecule has 1 aromatic heterocycles. The standard InChI is InChI=1S/C14H16N2/c1-9-7-10(2)14-12(5-6-15)11(3)16(4)13(14)8-9/h7-8H,5H2,1-4H3. The molecule has 16 heavy (non-hydrogen) atoms. The van der Waals surface area contributed by atoms with Gasteiger partial charge >= 0.3 is 0 Å². The third kappa shape index (κ3) is 1.40. The monoisotopic (exact) mass is 212 g/mol. The summed E-state index contributed by atoms with van der Waals surface area (Å²) in [4.78, 5) is 0. The highest BCUT2D eigenvalue weighted by atomic mass is 14.9. The van der Waals surface area contributed by atoms with Crippen LogP contribution in [0.1, 0.15) is 22.4 Å². The van der Waals surface area contributed by atoms with Gasteiger partial charge in [-0.25, -0.2) is 0 Å². The molecule has 0 radical (unpaired) electrons. The fourth-order valence-corrected chi connectivity index (χ4v) is 2.46. The van der Waals surface area contributed by atoms with Gasteiger partial charge in [0.25, 0.3) is 0 Å². The first-order chi connectivity index (χ1) is 7.56. The van der Waals surface area contributed by atoms with E-state index < -0.39 is 0 Å². The van der Waals surface area contributed by atoms with Crippen molar-refractivity contribution in [2.45, 2.75) is 27.2 Å². The molecule has 2 rings (SSSR count). The van der Waals surface area contributed by atoms with Crippen LogP contribution in [0.25, 0.3) is 10.9 Å². The van der Waals surface area contributed by atoms with Crippen LogP contribution in [0.5, 0.6) is 0 Å². The maximum atomic E-state index is 8.90. The largest absolute Gasteiger partial charge is 0.348 e. The average Bonchev–Trinajstić information content (AvgIpc) is 2.44. The van der Waals surface area contributed by atoms with Crippen LogP contribution < -0.4 is 0 Å². The Morgan fingerprint density at radius 2 is 1.94 bits per heavy atom. The van der Waals surface area contributed by atoms with Crippen LogP contribution in [0.4, 0.5) is 0 Å². The van der Waals surface area contributed by atoms with Crippen LogP contribution in [0, 0.1) is 32.1 Å². The molecule has 0 unspecified atom stereocenters. The Hall–Kier alpha value is -1.75. The molecule has 0 aliphatic carbocycles. The molecule has 2 heteroatoms. The molecule has 0 atom stereocenters. The Kier molecular flexibility index (Phi) is 2.47. The van der Waals surface area contributed by atoms with Gasteiger partial charge in [-0.3, -0.25) is 0 Å². The van der Waals surface area contributed by atoms with E-state index in [1.807, 2.05) is 0 Å². The molecule has 0 bridgehead atoms. The maximum absolute atomic E-state index is 8.90. The second-order valence-corrected chi connectivity index (χ2v) is 4.43. The van der Waals surface area contributed by atoms with Gasteiger partial charge in [-0.15, -0.1) is 0 Å². The van der Waals surface area contributed by atoms with Crippen molar-refractivity contribution in [2.75, 3.05) is 0 Å². The van der Waals surface area contributed by atoms with Gasteiger partial charge in [-0.1, -0.05) is 6.07 Å². The first kappa shape index (κ1) is 10.8. The third-order valence-corrected chi connectivity index (χ3v) is 3.32. The van der Waals surface area contributed by atoms with Gasteiger partial charge in [-0.2, -0.15) is 5.26 Å². The van der Waals surface area contributed by atoms with Crippen molar-refractivity contribution in [1.29, 1.82) is 5.26 Å². The predicted octanol–water partition coefficient (Wildman–Crippen LogP) is 3.17. The van der Waals surface area contributed by atoms with Crippen molar-refractivity contribution in [3.05, 3.63) is 34.5 Å². The van der Waals surface area contributed by atoms with Gasteiger partial charge in [0, 0.05) is 23.6 Å². The van der Waals surface area contributed by atoms with Crippen LogP contribution in [-0.2, 0) is 13.5 Å². The molecule has 0 fully saturated rings. The Labute approximate surface area is 96.1 Å². The topological polar surface area (TPSA) is 28.7 Å². The fourth-order valence-electron chi connectivity index (χ4n) is 2.46. The summed E-state index contributed by atoms with van der Waals surface area (Å²) in [5.74, 6) is 0. The van der Waals surface area contributed by atoms with Gasteiger partial charge in [0.1, 0.15) is 0 Å². The highest BCUT2D eigenvalue weighted by Crippen LogP contribution is 2.29. The van der Waals surface area contributed by atoms with Crippen molar-refractivity contribution in [1.82, 2.24) is 4.57 Å². The SMILES string of the molecule is Cc1cc(C)c2c(CC#N)c(C)n(C)c2c1. The second-order valence-electron chi connectivity index (χ2n) is 4.43. The molecule has 0 aliphatic rings. The van der Waals surface area contributed by atoms with E-state index in [-0.39, 0.29) is 0 Å². The quantitative estimate of drug-likeness (QED) is 0.713. The molecule has 0 N–H and O–H groups in total. The van der Waals surface area contributed by atoms with Gasteiger partial charge in [-0.05, 0) is 43.5 Å². The molecular weight excluding hydrogens is 196 g/mol. The van der Waals surface area contributed by atoms with Crippen molar-refractivity contribution < 1.29 is 0 Å². The zero-order valence-electron chi connectivity index (χ0n) is 10.3.